The van der Waals surface area contributed by atoms with Crippen LogP contribution < -0.4 is 20.1 Å². The molecule has 0 spiro atoms. The number of carbonyl (C=O) groups is 2. The largest absolute Gasteiger partial charge is 0.493 e. The number of esters is 1. The molecule has 0 radical (unpaired) electrons. The Hall–Kier alpha value is -3.30. The average Bonchev–Trinajstić information content (AvgIpc) is 2.60. The molecule has 1 aromatic carbocycles. The van der Waals surface area contributed by atoms with E-state index in [1.165, 1.54) is 33.3 Å². The molecule has 0 fully saturated rings. The average molecular weight is 365 g/mol. The van der Waals surface area contributed by atoms with Crippen molar-refractivity contribution in [3.8, 4) is 11.5 Å². The van der Waals surface area contributed by atoms with Crippen LogP contribution in [0.4, 0.5) is 10.5 Å². The van der Waals surface area contributed by atoms with E-state index in [1.54, 1.807) is 6.92 Å². The van der Waals surface area contributed by atoms with Crippen molar-refractivity contribution >= 4 is 17.7 Å². The van der Waals surface area contributed by atoms with Gasteiger partial charge in [-0.15, -0.1) is 0 Å². The first-order chi connectivity index (χ1) is 12.3. The molecule has 1 aliphatic rings. The standard InChI is InChI=1S/C16H19N3O7/c1-5-26-14-10(19(22)23)6-9(7-11(14)24-3)13-12(15(20)25-4)8(2)17-16(21)18-13/h6-7,13H,5H2,1-4H3,(H2,17,18,21). The summed E-state index contributed by atoms with van der Waals surface area (Å²) in [5, 5.41) is 16.5. The van der Waals surface area contributed by atoms with Crippen LogP contribution in [0.2, 0.25) is 0 Å². The topological polar surface area (TPSA) is 129 Å². The van der Waals surface area contributed by atoms with Crippen LogP contribution >= 0.6 is 0 Å². The third-order valence-electron chi connectivity index (χ3n) is 3.77. The molecule has 0 aliphatic carbocycles. The van der Waals surface area contributed by atoms with Crippen LogP contribution in [-0.4, -0.2) is 37.8 Å². The van der Waals surface area contributed by atoms with Crippen LogP contribution in [0.3, 0.4) is 0 Å². The number of rotatable bonds is 6. The quantitative estimate of drug-likeness (QED) is 0.447. The van der Waals surface area contributed by atoms with E-state index in [2.05, 4.69) is 10.6 Å². The highest BCUT2D eigenvalue weighted by Crippen LogP contribution is 2.41. The lowest BCUT2D eigenvalue weighted by atomic mass is 9.94. The van der Waals surface area contributed by atoms with Gasteiger partial charge in [0.25, 0.3) is 0 Å². The maximum Gasteiger partial charge on any atom is 0.337 e. The number of hydrogen-bond acceptors (Lipinski definition) is 7. The zero-order valence-corrected chi connectivity index (χ0v) is 14.7. The van der Waals surface area contributed by atoms with E-state index in [4.69, 9.17) is 14.2 Å². The lowest BCUT2D eigenvalue weighted by Gasteiger charge is -2.28. The van der Waals surface area contributed by atoms with Gasteiger partial charge in [0.05, 0.1) is 37.4 Å². The molecule has 1 aliphatic heterocycles. The van der Waals surface area contributed by atoms with Crippen LogP contribution in [-0.2, 0) is 9.53 Å². The molecular weight excluding hydrogens is 346 g/mol. The van der Waals surface area contributed by atoms with Crippen LogP contribution in [0, 0.1) is 10.1 Å². The fraction of sp³-hybridized carbons (Fsp3) is 0.375. The van der Waals surface area contributed by atoms with Gasteiger partial charge in [0, 0.05) is 11.8 Å². The number of allylic oxidation sites excluding steroid dienone is 1. The molecule has 0 bridgehead atoms. The van der Waals surface area contributed by atoms with Crippen LogP contribution in [0.5, 0.6) is 11.5 Å². The lowest BCUT2D eigenvalue weighted by Crippen LogP contribution is -2.45. The van der Waals surface area contributed by atoms with Crippen molar-refractivity contribution in [2.24, 2.45) is 0 Å². The Morgan fingerprint density at radius 1 is 1.35 bits per heavy atom. The molecule has 10 heteroatoms. The Bertz CT molecular complexity index is 788. The number of urea groups is 1. The highest BCUT2D eigenvalue weighted by Gasteiger charge is 2.34. The predicted octanol–water partition coefficient (Wildman–Crippen LogP) is 1.80. The van der Waals surface area contributed by atoms with Crippen LogP contribution in [0.15, 0.2) is 23.4 Å². The van der Waals surface area contributed by atoms with Crippen molar-refractivity contribution < 1.29 is 28.7 Å². The first-order valence-corrected chi connectivity index (χ1v) is 7.69. The molecule has 2 rings (SSSR count). The number of benzene rings is 1. The minimum atomic E-state index is -0.945. The molecule has 0 saturated carbocycles. The van der Waals surface area contributed by atoms with Gasteiger partial charge in [-0.3, -0.25) is 10.1 Å². The monoisotopic (exact) mass is 365 g/mol. The summed E-state index contributed by atoms with van der Waals surface area (Å²) in [6.45, 7) is 3.43. The number of ether oxygens (including phenoxy) is 3. The van der Waals surface area contributed by atoms with Crippen molar-refractivity contribution in [3.05, 3.63) is 39.1 Å². The number of carbonyl (C=O) groups excluding carboxylic acids is 2. The number of amides is 2. The molecule has 1 atom stereocenters. The molecule has 0 aromatic heterocycles. The number of nitro benzene ring substituents is 1. The molecule has 1 heterocycles. The molecule has 140 valence electrons. The Kier molecular flexibility index (Phi) is 5.65. The van der Waals surface area contributed by atoms with E-state index in [0.717, 1.165) is 0 Å². The lowest BCUT2D eigenvalue weighted by molar-refractivity contribution is -0.386. The fourth-order valence-electron chi connectivity index (χ4n) is 2.68. The van der Waals surface area contributed by atoms with Gasteiger partial charge in [-0.25, -0.2) is 9.59 Å². The van der Waals surface area contributed by atoms with Crippen molar-refractivity contribution in [3.63, 3.8) is 0 Å². The van der Waals surface area contributed by atoms with E-state index in [0.29, 0.717) is 5.70 Å². The zero-order valence-electron chi connectivity index (χ0n) is 14.7. The second-order valence-electron chi connectivity index (χ2n) is 5.32. The molecule has 2 amide bonds. The fourth-order valence-corrected chi connectivity index (χ4v) is 2.68. The number of hydrogen-bond donors (Lipinski definition) is 2. The highest BCUT2D eigenvalue weighted by molar-refractivity contribution is 5.95. The molecule has 2 N–H and O–H groups in total. The second kappa shape index (κ2) is 7.72. The number of nitrogens with one attached hydrogen (secondary N) is 2. The van der Waals surface area contributed by atoms with Gasteiger partial charge in [-0.2, -0.15) is 0 Å². The van der Waals surface area contributed by atoms with Crippen molar-refractivity contribution in [2.75, 3.05) is 20.8 Å². The molecule has 10 nitrogen and oxygen atoms in total. The van der Waals surface area contributed by atoms with Gasteiger partial charge >= 0.3 is 17.7 Å². The van der Waals surface area contributed by atoms with E-state index < -0.39 is 23.0 Å². The summed E-state index contributed by atoms with van der Waals surface area (Å²) < 4.78 is 15.3. The summed E-state index contributed by atoms with van der Waals surface area (Å²) >= 11 is 0. The van der Waals surface area contributed by atoms with Gasteiger partial charge in [0.2, 0.25) is 5.75 Å². The van der Waals surface area contributed by atoms with Crippen LogP contribution in [0.25, 0.3) is 0 Å². The smallest absolute Gasteiger partial charge is 0.337 e. The molecule has 26 heavy (non-hydrogen) atoms. The minimum absolute atomic E-state index is 0.0238. The first-order valence-electron chi connectivity index (χ1n) is 7.69. The van der Waals surface area contributed by atoms with Crippen LogP contribution in [0.1, 0.15) is 25.5 Å². The maximum atomic E-state index is 12.1. The Balaban J connectivity index is 2.67. The zero-order chi connectivity index (χ0) is 19.4. The highest BCUT2D eigenvalue weighted by atomic mass is 16.6. The summed E-state index contributed by atoms with van der Waals surface area (Å²) in [5.74, 6) is -0.578. The molecular formula is C16H19N3O7. The number of nitro groups is 1. The Morgan fingerprint density at radius 3 is 2.58 bits per heavy atom. The number of nitrogens with zero attached hydrogens (tertiary/aromatic N) is 1. The van der Waals surface area contributed by atoms with E-state index in [9.17, 15) is 19.7 Å². The van der Waals surface area contributed by atoms with E-state index in [1.807, 2.05) is 0 Å². The summed E-state index contributed by atoms with van der Waals surface area (Å²) in [5.41, 5.74) is 0.371. The van der Waals surface area contributed by atoms with Crippen molar-refractivity contribution in [2.45, 2.75) is 19.9 Å². The van der Waals surface area contributed by atoms with Gasteiger partial charge in [-0.05, 0) is 25.5 Å². The maximum absolute atomic E-state index is 12.1. The SMILES string of the molecule is CCOc1c(OC)cc(C2NC(=O)NC(C)=C2C(=O)OC)cc1[N+](=O)[O-]. The Morgan fingerprint density at radius 2 is 2.04 bits per heavy atom. The summed E-state index contributed by atoms with van der Waals surface area (Å²) in [7, 11) is 2.55. The van der Waals surface area contributed by atoms with Gasteiger partial charge in [0.15, 0.2) is 5.75 Å². The minimum Gasteiger partial charge on any atom is -0.493 e. The van der Waals surface area contributed by atoms with E-state index in [-0.39, 0.29) is 34.9 Å². The normalized spacial score (nSPS) is 16.5. The summed E-state index contributed by atoms with van der Waals surface area (Å²) in [6.07, 6.45) is 0. The van der Waals surface area contributed by atoms with Gasteiger partial charge < -0.3 is 24.8 Å². The summed E-state index contributed by atoms with van der Waals surface area (Å²) in [4.78, 5) is 34.9. The first kappa shape index (κ1) is 19.0. The van der Waals surface area contributed by atoms with Crippen molar-refractivity contribution in [1.82, 2.24) is 10.6 Å². The van der Waals surface area contributed by atoms with Gasteiger partial charge in [-0.1, -0.05) is 0 Å². The van der Waals surface area contributed by atoms with Gasteiger partial charge in [0.1, 0.15) is 0 Å². The third kappa shape index (κ3) is 3.53. The molecule has 0 saturated heterocycles. The Labute approximate surface area is 149 Å². The second-order valence-corrected chi connectivity index (χ2v) is 5.32. The summed E-state index contributed by atoms with van der Waals surface area (Å²) in [6, 6.07) is 1.22. The predicted molar refractivity (Wildman–Crippen MR) is 89.9 cm³/mol. The molecule has 1 unspecified atom stereocenters. The third-order valence-corrected chi connectivity index (χ3v) is 3.77. The van der Waals surface area contributed by atoms with Crippen molar-refractivity contribution in [1.29, 1.82) is 0 Å². The number of methoxy groups -OCH3 is 2. The molecule has 1 aromatic rings. The van der Waals surface area contributed by atoms with E-state index >= 15 is 0 Å².